The van der Waals surface area contributed by atoms with Crippen LogP contribution in [0.2, 0.25) is 10.0 Å². The Morgan fingerprint density at radius 2 is 1.79 bits per heavy atom. The maximum Gasteiger partial charge on any atom is 0.0612 e. The van der Waals surface area contributed by atoms with Gasteiger partial charge in [-0.25, -0.2) is 0 Å². The smallest absolute Gasteiger partial charge is 0.0612 e. The van der Waals surface area contributed by atoms with Crippen LogP contribution >= 0.6 is 23.2 Å². The number of aromatic nitrogens is 1. The summed E-state index contributed by atoms with van der Waals surface area (Å²) in [5.41, 5.74) is 2.77. The van der Waals surface area contributed by atoms with Crippen LogP contribution in [0.4, 0.5) is 17.1 Å². The predicted octanol–water partition coefficient (Wildman–Crippen LogP) is 4.95. The van der Waals surface area contributed by atoms with Gasteiger partial charge in [-0.3, -0.25) is 4.98 Å². The van der Waals surface area contributed by atoms with Crippen LogP contribution in [0.1, 0.15) is 13.3 Å². The van der Waals surface area contributed by atoms with E-state index in [1.807, 2.05) is 12.1 Å². The lowest BCUT2D eigenvalue weighted by Gasteiger charge is -2.09. The van der Waals surface area contributed by atoms with Gasteiger partial charge in [-0.15, -0.1) is 0 Å². The van der Waals surface area contributed by atoms with Crippen molar-refractivity contribution in [3.63, 3.8) is 0 Å². The molecule has 1 aromatic heterocycles. The normalized spacial score (nSPS) is 10.3. The summed E-state index contributed by atoms with van der Waals surface area (Å²) in [5.74, 6) is 0. The van der Waals surface area contributed by atoms with E-state index in [1.165, 1.54) is 0 Å². The van der Waals surface area contributed by atoms with E-state index in [2.05, 4.69) is 22.5 Å². The predicted molar refractivity (Wildman–Crippen MR) is 82.8 cm³/mol. The zero-order chi connectivity index (χ0) is 13.7. The van der Waals surface area contributed by atoms with Crippen LogP contribution in [0, 0.1) is 0 Å². The lowest BCUT2D eigenvalue weighted by molar-refractivity contribution is 0.978. The number of pyridine rings is 1. The number of anilines is 3. The fourth-order valence-electron chi connectivity index (χ4n) is 1.61. The van der Waals surface area contributed by atoms with Crippen LogP contribution < -0.4 is 10.6 Å². The minimum atomic E-state index is 0.528. The molecule has 2 aromatic rings. The molecule has 100 valence electrons. The molecule has 0 aliphatic heterocycles. The minimum absolute atomic E-state index is 0.528. The van der Waals surface area contributed by atoms with Crippen molar-refractivity contribution >= 4 is 40.3 Å². The van der Waals surface area contributed by atoms with E-state index in [1.54, 1.807) is 24.5 Å². The van der Waals surface area contributed by atoms with E-state index >= 15 is 0 Å². The molecule has 0 atom stereocenters. The lowest BCUT2D eigenvalue weighted by atomic mass is 10.3. The third-order valence-corrected chi connectivity index (χ3v) is 3.26. The summed E-state index contributed by atoms with van der Waals surface area (Å²) < 4.78 is 0. The number of benzene rings is 1. The van der Waals surface area contributed by atoms with Gasteiger partial charge in [-0.2, -0.15) is 0 Å². The summed E-state index contributed by atoms with van der Waals surface area (Å²) >= 11 is 11.9. The molecule has 0 fully saturated rings. The second-order valence-corrected chi connectivity index (χ2v) is 4.96. The van der Waals surface area contributed by atoms with Gasteiger partial charge in [0.25, 0.3) is 0 Å². The van der Waals surface area contributed by atoms with Gasteiger partial charge in [0.15, 0.2) is 0 Å². The van der Waals surface area contributed by atoms with Gasteiger partial charge in [0.1, 0.15) is 0 Å². The van der Waals surface area contributed by atoms with E-state index in [0.717, 1.165) is 30.0 Å². The number of hydrogen-bond acceptors (Lipinski definition) is 3. The van der Waals surface area contributed by atoms with Gasteiger partial charge in [0.05, 0.1) is 33.8 Å². The third-order valence-electron chi connectivity index (χ3n) is 2.53. The molecule has 1 heterocycles. The Labute approximate surface area is 123 Å². The quantitative estimate of drug-likeness (QED) is 0.819. The standard InChI is InChI=1S/C14H15Cl2N3/c1-2-5-18-11-6-12(9-17-8-11)19-10-3-4-13(15)14(16)7-10/h3-4,6-9,18-19H,2,5H2,1H3. The molecule has 1 aromatic carbocycles. The van der Waals surface area contributed by atoms with E-state index in [0.29, 0.717) is 10.0 Å². The molecule has 0 amide bonds. The number of nitrogens with one attached hydrogen (secondary N) is 2. The monoisotopic (exact) mass is 295 g/mol. The summed E-state index contributed by atoms with van der Waals surface area (Å²) in [6.07, 6.45) is 4.64. The molecule has 0 bridgehead atoms. The third kappa shape index (κ3) is 4.01. The summed E-state index contributed by atoms with van der Waals surface area (Å²) in [7, 11) is 0. The molecule has 0 radical (unpaired) electrons. The van der Waals surface area contributed by atoms with Crippen LogP contribution in [0.5, 0.6) is 0 Å². The first-order valence-electron chi connectivity index (χ1n) is 6.10. The summed E-state index contributed by atoms with van der Waals surface area (Å²) in [5, 5.41) is 7.61. The van der Waals surface area contributed by atoms with Crippen molar-refractivity contribution in [3.8, 4) is 0 Å². The second kappa shape index (κ2) is 6.64. The fourth-order valence-corrected chi connectivity index (χ4v) is 1.91. The number of rotatable bonds is 5. The Morgan fingerprint density at radius 3 is 2.53 bits per heavy atom. The molecule has 2 N–H and O–H groups in total. The molecule has 19 heavy (non-hydrogen) atoms. The highest BCUT2D eigenvalue weighted by atomic mass is 35.5. The first-order valence-corrected chi connectivity index (χ1v) is 6.85. The Balaban J connectivity index is 2.11. The zero-order valence-electron chi connectivity index (χ0n) is 10.6. The molecule has 0 aliphatic carbocycles. The first-order chi connectivity index (χ1) is 9.19. The van der Waals surface area contributed by atoms with E-state index in [4.69, 9.17) is 23.2 Å². The maximum atomic E-state index is 5.98. The summed E-state index contributed by atoms with van der Waals surface area (Å²) in [6, 6.07) is 7.43. The van der Waals surface area contributed by atoms with Crippen LogP contribution in [0.25, 0.3) is 0 Å². The van der Waals surface area contributed by atoms with Gasteiger partial charge in [0.2, 0.25) is 0 Å². The molecule has 0 spiro atoms. The molecule has 0 aliphatic rings. The second-order valence-electron chi connectivity index (χ2n) is 4.14. The Kier molecular flexibility index (Phi) is 4.88. The fraction of sp³-hybridized carbons (Fsp3) is 0.214. The number of nitrogens with zero attached hydrogens (tertiary/aromatic N) is 1. The largest absolute Gasteiger partial charge is 0.384 e. The van der Waals surface area contributed by atoms with Crippen molar-refractivity contribution in [3.05, 3.63) is 46.7 Å². The molecular formula is C14H15Cl2N3. The molecule has 0 saturated heterocycles. The summed E-state index contributed by atoms with van der Waals surface area (Å²) in [6.45, 7) is 3.05. The highest BCUT2D eigenvalue weighted by Gasteiger charge is 2.01. The van der Waals surface area contributed by atoms with Crippen molar-refractivity contribution in [1.29, 1.82) is 0 Å². The van der Waals surface area contributed by atoms with Crippen molar-refractivity contribution in [2.24, 2.45) is 0 Å². The van der Waals surface area contributed by atoms with Gasteiger partial charge in [0, 0.05) is 12.2 Å². The molecule has 2 rings (SSSR count). The SMILES string of the molecule is CCCNc1cncc(Nc2ccc(Cl)c(Cl)c2)c1. The molecule has 0 saturated carbocycles. The van der Waals surface area contributed by atoms with E-state index in [9.17, 15) is 0 Å². The number of halogens is 2. The van der Waals surface area contributed by atoms with Gasteiger partial charge >= 0.3 is 0 Å². The van der Waals surface area contributed by atoms with Crippen molar-refractivity contribution in [2.45, 2.75) is 13.3 Å². The molecular weight excluding hydrogens is 281 g/mol. The van der Waals surface area contributed by atoms with E-state index in [-0.39, 0.29) is 0 Å². The summed E-state index contributed by atoms with van der Waals surface area (Å²) in [4.78, 5) is 4.19. The van der Waals surface area contributed by atoms with Crippen LogP contribution in [0.3, 0.4) is 0 Å². The first kappa shape index (κ1) is 14.0. The molecule has 5 heteroatoms. The van der Waals surface area contributed by atoms with Gasteiger partial charge in [-0.05, 0) is 30.7 Å². The minimum Gasteiger partial charge on any atom is -0.384 e. The van der Waals surface area contributed by atoms with Gasteiger partial charge in [-0.1, -0.05) is 30.1 Å². The van der Waals surface area contributed by atoms with E-state index < -0.39 is 0 Å². The zero-order valence-corrected chi connectivity index (χ0v) is 12.1. The van der Waals surface area contributed by atoms with Gasteiger partial charge < -0.3 is 10.6 Å². The highest BCUT2D eigenvalue weighted by molar-refractivity contribution is 6.42. The average Bonchev–Trinajstić information content (AvgIpc) is 2.41. The maximum absolute atomic E-state index is 5.98. The Bertz CT molecular complexity index is 558. The number of hydrogen-bond donors (Lipinski definition) is 2. The Hall–Kier alpha value is -1.45. The van der Waals surface area contributed by atoms with Crippen molar-refractivity contribution in [2.75, 3.05) is 17.2 Å². The molecule has 0 unspecified atom stereocenters. The lowest BCUT2D eigenvalue weighted by Crippen LogP contribution is -2.01. The Morgan fingerprint density at radius 1 is 1.00 bits per heavy atom. The van der Waals surface area contributed by atoms with Crippen LogP contribution in [-0.4, -0.2) is 11.5 Å². The molecule has 3 nitrogen and oxygen atoms in total. The average molecular weight is 296 g/mol. The van der Waals surface area contributed by atoms with Crippen molar-refractivity contribution in [1.82, 2.24) is 4.98 Å². The topological polar surface area (TPSA) is 37.0 Å². The highest BCUT2D eigenvalue weighted by Crippen LogP contribution is 2.27. The van der Waals surface area contributed by atoms with Crippen LogP contribution in [-0.2, 0) is 0 Å². The van der Waals surface area contributed by atoms with Crippen LogP contribution in [0.15, 0.2) is 36.7 Å². The van der Waals surface area contributed by atoms with Crippen molar-refractivity contribution < 1.29 is 0 Å².